The third-order valence-corrected chi connectivity index (χ3v) is 4.04. The highest BCUT2D eigenvalue weighted by Gasteiger charge is 2.28. The van der Waals surface area contributed by atoms with Crippen LogP contribution in [0.3, 0.4) is 0 Å². The number of benzene rings is 2. The molecule has 23 heavy (non-hydrogen) atoms. The lowest BCUT2D eigenvalue weighted by atomic mass is 10.1. The molecule has 1 N–H and O–H groups in total. The molecule has 2 amide bonds. The summed E-state index contributed by atoms with van der Waals surface area (Å²) in [7, 11) is 0. The number of aryl methyl sites for hydroxylation is 3. The summed E-state index contributed by atoms with van der Waals surface area (Å²) in [5.74, 6) is 0.755. The van der Waals surface area contributed by atoms with Gasteiger partial charge < -0.3 is 10.1 Å². The average molecular weight is 310 g/mol. The van der Waals surface area contributed by atoms with E-state index < -0.39 is 0 Å². The van der Waals surface area contributed by atoms with Crippen LogP contribution in [0.1, 0.15) is 23.6 Å². The van der Waals surface area contributed by atoms with Gasteiger partial charge in [0.1, 0.15) is 11.9 Å². The van der Waals surface area contributed by atoms with Crippen molar-refractivity contribution in [3.63, 3.8) is 0 Å². The Morgan fingerprint density at radius 2 is 1.83 bits per heavy atom. The predicted octanol–water partition coefficient (Wildman–Crippen LogP) is 4.43. The van der Waals surface area contributed by atoms with Gasteiger partial charge in [0, 0.05) is 5.69 Å². The maximum absolute atomic E-state index is 12.8. The van der Waals surface area contributed by atoms with Gasteiger partial charge in [0.15, 0.2) is 0 Å². The molecule has 2 aromatic carbocycles. The van der Waals surface area contributed by atoms with Crippen molar-refractivity contribution in [2.75, 3.05) is 16.8 Å². The highest BCUT2D eigenvalue weighted by Crippen LogP contribution is 2.34. The van der Waals surface area contributed by atoms with E-state index in [-0.39, 0.29) is 12.1 Å². The van der Waals surface area contributed by atoms with E-state index >= 15 is 0 Å². The summed E-state index contributed by atoms with van der Waals surface area (Å²) in [6.45, 7) is 8.57. The van der Waals surface area contributed by atoms with Crippen molar-refractivity contribution in [2.24, 2.45) is 0 Å². The standard InChI is InChI=1S/C19H22N2O2/c1-12-5-7-16(14(3)9-12)20-19(22)21-11-15(4)23-18-8-6-13(2)10-17(18)21/h5-10,15H,11H2,1-4H3,(H,20,22). The number of hydrogen-bond donors (Lipinski definition) is 1. The second kappa shape index (κ2) is 5.95. The number of amides is 2. The summed E-state index contributed by atoms with van der Waals surface area (Å²) in [5, 5.41) is 3.02. The summed E-state index contributed by atoms with van der Waals surface area (Å²) in [4.78, 5) is 14.5. The molecule has 0 bridgehead atoms. The first-order chi connectivity index (χ1) is 10.9. The molecule has 4 heteroatoms. The maximum atomic E-state index is 12.8. The van der Waals surface area contributed by atoms with Crippen LogP contribution in [0.2, 0.25) is 0 Å². The predicted molar refractivity (Wildman–Crippen MR) is 93.5 cm³/mol. The highest BCUT2D eigenvalue weighted by molar-refractivity contribution is 6.03. The zero-order valence-corrected chi connectivity index (χ0v) is 14.0. The van der Waals surface area contributed by atoms with Gasteiger partial charge in [-0.25, -0.2) is 4.79 Å². The van der Waals surface area contributed by atoms with Crippen LogP contribution in [0.15, 0.2) is 36.4 Å². The lowest BCUT2D eigenvalue weighted by Crippen LogP contribution is -2.44. The monoisotopic (exact) mass is 310 g/mol. The molecule has 1 heterocycles. The first kappa shape index (κ1) is 15.4. The van der Waals surface area contributed by atoms with Gasteiger partial charge in [0.2, 0.25) is 0 Å². The van der Waals surface area contributed by atoms with Crippen molar-refractivity contribution in [1.82, 2.24) is 0 Å². The molecule has 1 aliphatic rings. The summed E-state index contributed by atoms with van der Waals surface area (Å²) < 4.78 is 5.84. The molecule has 1 atom stereocenters. The molecule has 0 spiro atoms. The van der Waals surface area contributed by atoms with Crippen molar-refractivity contribution < 1.29 is 9.53 Å². The van der Waals surface area contributed by atoms with E-state index in [1.165, 1.54) is 5.56 Å². The molecule has 0 radical (unpaired) electrons. The Bertz CT molecular complexity index is 755. The third-order valence-electron chi connectivity index (χ3n) is 4.04. The molecular formula is C19H22N2O2. The second-order valence-electron chi connectivity index (χ2n) is 6.26. The number of rotatable bonds is 1. The van der Waals surface area contributed by atoms with E-state index in [0.717, 1.165) is 28.3 Å². The number of fused-ring (bicyclic) bond motifs is 1. The molecule has 0 saturated heterocycles. The van der Waals surface area contributed by atoms with E-state index in [4.69, 9.17) is 4.74 Å². The second-order valence-corrected chi connectivity index (χ2v) is 6.26. The minimum absolute atomic E-state index is 0.0323. The van der Waals surface area contributed by atoms with Crippen LogP contribution < -0.4 is 15.0 Å². The quantitative estimate of drug-likeness (QED) is 0.846. The van der Waals surface area contributed by atoms with Gasteiger partial charge in [-0.1, -0.05) is 23.8 Å². The molecule has 0 aromatic heterocycles. The number of hydrogen-bond acceptors (Lipinski definition) is 2. The van der Waals surface area contributed by atoms with Crippen molar-refractivity contribution in [2.45, 2.75) is 33.8 Å². The number of carbonyl (C=O) groups is 1. The molecule has 1 aliphatic heterocycles. The van der Waals surface area contributed by atoms with Gasteiger partial charge in [0.05, 0.1) is 12.2 Å². The molecule has 4 nitrogen and oxygen atoms in total. The minimum atomic E-state index is -0.126. The number of carbonyl (C=O) groups excluding carboxylic acids is 1. The van der Waals surface area contributed by atoms with Gasteiger partial charge in [-0.05, 0) is 57.0 Å². The van der Waals surface area contributed by atoms with E-state index in [1.54, 1.807) is 4.90 Å². The summed E-state index contributed by atoms with van der Waals surface area (Å²) >= 11 is 0. The average Bonchev–Trinajstić information content (AvgIpc) is 2.49. The Balaban J connectivity index is 1.89. The Kier molecular flexibility index (Phi) is 3.99. The first-order valence-electron chi connectivity index (χ1n) is 7.87. The van der Waals surface area contributed by atoms with E-state index in [0.29, 0.717) is 6.54 Å². The number of nitrogens with zero attached hydrogens (tertiary/aromatic N) is 1. The van der Waals surface area contributed by atoms with Gasteiger partial charge in [0.25, 0.3) is 0 Å². The Labute approximate surface area is 137 Å². The van der Waals surface area contributed by atoms with Crippen LogP contribution in [-0.2, 0) is 0 Å². The fourth-order valence-corrected chi connectivity index (χ4v) is 2.88. The normalized spacial score (nSPS) is 16.5. The van der Waals surface area contributed by atoms with Gasteiger partial charge in [-0.3, -0.25) is 4.90 Å². The SMILES string of the molecule is Cc1ccc(NC(=O)N2CC(C)Oc3ccc(C)cc32)c(C)c1. The summed E-state index contributed by atoms with van der Waals surface area (Å²) in [6.07, 6.45) is -0.0323. The maximum Gasteiger partial charge on any atom is 0.326 e. The van der Waals surface area contributed by atoms with Crippen molar-refractivity contribution in [1.29, 1.82) is 0 Å². The smallest absolute Gasteiger partial charge is 0.326 e. The number of nitrogens with one attached hydrogen (secondary N) is 1. The molecule has 0 fully saturated rings. The van der Waals surface area contributed by atoms with Crippen LogP contribution in [0.4, 0.5) is 16.2 Å². The van der Waals surface area contributed by atoms with E-state index in [1.807, 2.05) is 58.0 Å². The molecule has 2 aromatic rings. The number of anilines is 2. The fourth-order valence-electron chi connectivity index (χ4n) is 2.88. The first-order valence-corrected chi connectivity index (χ1v) is 7.87. The van der Waals surface area contributed by atoms with Crippen molar-refractivity contribution in [3.05, 3.63) is 53.1 Å². The molecule has 0 aliphatic carbocycles. The topological polar surface area (TPSA) is 41.6 Å². The lowest BCUT2D eigenvalue weighted by molar-refractivity contribution is 0.208. The third kappa shape index (κ3) is 3.16. The molecular weight excluding hydrogens is 288 g/mol. The molecule has 120 valence electrons. The van der Waals surface area contributed by atoms with Gasteiger partial charge in [-0.15, -0.1) is 0 Å². The van der Waals surface area contributed by atoms with Crippen LogP contribution in [-0.4, -0.2) is 18.7 Å². The largest absolute Gasteiger partial charge is 0.487 e. The zero-order valence-electron chi connectivity index (χ0n) is 14.0. The van der Waals surface area contributed by atoms with Crippen LogP contribution in [0.25, 0.3) is 0 Å². The highest BCUT2D eigenvalue weighted by atomic mass is 16.5. The number of ether oxygens (including phenoxy) is 1. The van der Waals surface area contributed by atoms with Crippen molar-refractivity contribution >= 4 is 17.4 Å². The lowest BCUT2D eigenvalue weighted by Gasteiger charge is -2.33. The molecule has 3 rings (SSSR count). The van der Waals surface area contributed by atoms with E-state index in [2.05, 4.69) is 11.4 Å². The minimum Gasteiger partial charge on any atom is -0.487 e. The Morgan fingerprint density at radius 3 is 2.57 bits per heavy atom. The molecule has 0 saturated carbocycles. The molecule has 1 unspecified atom stereocenters. The number of urea groups is 1. The van der Waals surface area contributed by atoms with Crippen molar-refractivity contribution in [3.8, 4) is 5.75 Å². The van der Waals surface area contributed by atoms with Crippen LogP contribution >= 0.6 is 0 Å². The summed E-state index contributed by atoms with van der Waals surface area (Å²) in [5.41, 5.74) is 5.01. The van der Waals surface area contributed by atoms with Crippen LogP contribution in [0, 0.1) is 20.8 Å². The fraction of sp³-hybridized carbons (Fsp3) is 0.316. The van der Waals surface area contributed by atoms with Gasteiger partial charge in [-0.2, -0.15) is 0 Å². The summed E-state index contributed by atoms with van der Waals surface area (Å²) in [6, 6.07) is 11.8. The van der Waals surface area contributed by atoms with E-state index in [9.17, 15) is 4.79 Å². The Hall–Kier alpha value is -2.49. The Morgan fingerprint density at radius 1 is 1.13 bits per heavy atom. The van der Waals surface area contributed by atoms with Gasteiger partial charge >= 0.3 is 6.03 Å². The zero-order chi connectivity index (χ0) is 16.6. The van der Waals surface area contributed by atoms with Crippen LogP contribution in [0.5, 0.6) is 5.75 Å².